The molecule has 24 heavy (non-hydrogen) atoms. The fraction of sp³-hybridized carbons (Fsp3) is 0.227. The molecular weight excluding hydrogens is 294 g/mol. The van der Waals surface area contributed by atoms with Crippen LogP contribution in [0.5, 0.6) is 5.75 Å². The van der Waals surface area contributed by atoms with Gasteiger partial charge in [0.15, 0.2) is 0 Å². The molecule has 122 valence electrons. The Bertz CT molecular complexity index is 879. The Morgan fingerprint density at radius 1 is 1.04 bits per heavy atom. The van der Waals surface area contributed by atoms with Crippen LogP contribution < -0.4 is 4.74 Å². The highest BCUT2D eigenvalue weighted by atomic mass is 16.5. The largest absolute Gasteiger partial charge is 0.492 e. The van der Waals surface area contributed by atoms with E-state index in [2.05, 4.69) is 63.7 Å². The third kappa shape index (κ3) is 3.18. The second kappa shape index (κ2) is 6.88. The molecule has 0 unspecified atom stereocenters. The van der Waals surface area contributed by atoms with Crippen LogP contribution in [0.4, 0.5) is 0 Å². The van der Waals surface area contributed by atoms with Crippen LogP contribution in [0.3, 0.4) is 0 Å². The van der Waals surface area contributed by atoms with E-state index in [0.29, 0.717) is 6.61 Å². The number of aryl methyl sites for hydroxylation is 3. The van der Waals surface area contributed by atoms with Crippen LogP contribution in [0.15, 0.2) is 55.3 Å². The molecule has 0 N–H and O–H groups in total. The monoisotopic (exact) mass is 317 g/mol. The van der Waals surface area contributed by atoms with Gasteiger partial charge in [0.1, 0.15) is 5.75 Å². The van der Waals surface area contributed by atoms with Crippen LogP contribution in [0.2, 0.25) is 0 Å². The Morgan fingerprint density at radius 3 is 2.50 bits per heavy atom. The van der Waals surface area contributed by atoms with Gasteiger partial charge in [0.25, 0.3) is 0 Å². The summed E-state index contributed by atoms with van der Waals surface area (Å²) in [5.41, 5.74) is 6.81. The topological polar surface area (TPSA) is 22.1 Å². The van der Waals surface area contributed by atoms with Crippen molar-refractivity contribution >= 4 is 10.9 Å². The van der Waals surface area contributed by atoms with Crippen molar-refractivity contribution in [3.63, 3.8) is 0 Å². The minimum absolute atomic E-state index is 0.620. The zero-order valence-corrected chi connectivity index (χ0v) is 14.6. The minimum atomic E-state index is 0.620. The summed E-state index contributed by atoms with van der Waals surface area (Å²) in [6.45, 7) is 10.7. The molecule has 0 amide bonds. The Labute approximate surface area is 143 Å². The molecule has 0 bridgehead atoms. The lowest BCUT2D eigenvalue weighted by molar-refractivity contribution is 0.330. The average molecular weight is 317 g/mol. The minimum Gasteiger partial charge on any atom is -0.492 e. The van der Waals surface area contributed by atoms with Gasteiger partial charge in [-0.2, -0.15) is 0 Å². The lowest BCUT2D eigenvalue weighted by Gasteiger charge is -2.16. The molecule has 1 aromatic heterocycles. The van der Waals surface area contributed by atoms with Crippen molar-refractivity contribution in [2.75, 3.05) is 6.61 Å². The molecule has 0 aliphatic heterocycles. The van der Waals surface area contributed by atoms with E-state index in [-0.39, 0.29) is 0 Å². The van der Waals surface area contributed by atoms with Crippen LogP contribution in [0.1, 0.15) is 23.1 Å². The number of hydrogen-bond acceptors (Lipinski definition) is 2. The molecule has 0 saturated carbocycles. The first kappa shape index (κ1) is 16.3. The maximum absolute atomic E-state index is 6.18. The molecule has 1 heterocycles. The zero-order chi connectivity index (χ0) is 17.1. The summed E-state index contributed by atoms with van der Waals surface area (Å²) in [7, 11) is 0. The van der Waals surface area contributed by atoms with Crippen molar-refractivity contribution < 1.29 is 4.74 Å². The van der Waals surface area contributed by atoms with E-state index in [0.717, 1.165) is 34.2 Å². The molecule has 0 fully saturated rings. The fourth-order valence-corrected chi connectivity index (χ4v) is 3.00. The second-order valence-electron chi connectivity index (χ2n) is 6.27. The maximum atomic E-state index is 6.18. The van der Waals surface area contributed by atoms with Crippen molar-refractivity contribution in [3.05, 3.63) is 71.9 Å². The van der Waals surface area contributed by atoms with Crippen LogP contribution in [-0.2, 0) is 0 Å². The van der Waals surface area contributed by atoms with E-state index < -0.39 is 0 Å². The third-order valence-electron chi connectivity index (χ3n) is 4.19. The van der Waals surface area contributed by atoms with E-state index in [1.165, 1.54) is 16.7 Å². The van der Waals surface area contributed by atoms with Crippen molar-refractivity contribution in [2.24, 2.45) is 0 Å². The SMILES string of the molecule is C=CCCOc1c(-c2ccc(C)cc2)cnc2cc(C)cc(C)c12. The Hall–Kier alpha value is -2.61. The molecule has 2 nitrogen and oxygen atoms in total. The van der Waals surface area contributed by atoms with Crippen molar-refractivity contribution in [3.8, 4) is 16.9 Å². The first-order valence-corrected chi connectivity index (χ1v) is 8.31. The highest BCUT2D eigenvalue weighted by Crippen LogP contribution is 2.38. The summed E-state index contributed by atoms with van der Waals surface area (Å²) in [5.74, 6) is 0.920. The van der Waals surface area contributed by atoms with Gasteiger partial charge in [-0.25, -0.2) is 0 Å². The van der Waals surface area contributed by atoms with Crippen LogP contribution in [0.25, 0.3) is 22.0 Å². The number of aromatic nitrogens is 1. The molecule has 3 aromatic rings. The summed E-state index contributed by atoms with van der Waals surface area (Å²) in [4.78, 5) is 4.69. The molecule has 0 atom stereocenters. The van der Waals surface area contributed by atoms with E-state index in [9.17, 15) is 0 Å². The Kier molecular flexibility index (Phi) is 4.66. The van der Waals surface area contributed by atoms with Gasteiger partial charge in [-0.15, -0.1) is 6.58 Å². The molecule has 0 radical (unpaired) electrons. The van der Waals surface area contributed by atoms with Crippen molar-refractivity contribution in [2.45, 2.75) is 27.2 Å². The van der Waals surface area contributed by atoms with E-state index in [1.54, 1.807) is 0 Å². The highest BCUT2D eigenvalue weighted by molar-refractivity contribution is 5.94. The fourth-order valence-electron chi connectivity index (χ4n) is 3.00. The van der Waals surface area contributed by atoms with Crippen LogP contribution >= 0.6 is 0 Å². The lowest BCUT2D eigenvalue weighted by Crippen LogP contribution is -2.00. The van der Waals surface area contributed by atoms with E-state index >= 15 is 0 Å². The van der Waals surface area contributed by atoms with Gasteiger partial charge in [0.05, 0.1) is 12.1 Å². The Balaban J connectivity index is 2.22. The number of nitrogens with zero attached hydrogens (tertiary/aromatic N) is 1. The molecule has 2 aromatic carbocycles. The average Bonchev–Trinajstić information content (AvgIpc) is 2.55. The molecular formula is C22H23NO. The van der Waals surface area contributed by atoms with Crippen LogP contribution in [0, 0.1) is 20.8 Å². The van der Waals surface area contributed by atoms with Gasteiger partial charge >= 0.3 is 0 Å². The van der Waals surface area contributed by atoms with Crippen molar-refractivity contribution in [1.82, 2.24) is 4.98 Å². The number of benzene rings is 2. The summed E-state index contributed by atoms with van der Waals surface area (Å²) < 4.78 is 6.18. The number of hydrogen-bond donors (Lipinski definition) is 0. The summed E-state index contributed by atoms with van der Waals surface area (Å²) in [6.07, 6.45) is 4.63. The molecule has 0 spiro atoms. The predicted molar refractivity (Wildman–Crippen MR) is 102 cm³/mol. The predicted octanol–water partition coefficient (Wildman–Crippen LogP) is 5.78. The maximum Gasteiger partial charge on any atom is 0.138 e. The Morgan fingerprint density at radius 2 is 1.79 bits per heavy atom. The normalized spacial score (nSPS) is 10.8. The number of fused-ring (bicyclic) bond motifs is 1. The third-order valence-corrected chi connectivity index (χ3v) is 4.19. The second-order valence-corrected chi connectivity index (χ2v) is 6.27. The first-order chi connectivity index (χ1) is 11.6. The summed E-state index contributed by atoms with van der Waals surface area (Å²) >= 11 is 0. The number of rotatable bonds is 5. The lowest BCUT2D eigenvalue weighted by atomic mass is 9.99. The van der Waals surface area contributed by atoms with E-state index in [1.807, 2.05) is 12.3 Å². The number of pyridine rings is 1. The molecule has 0 aliphatic carbocycles. The van der Waals surface area contributed by atoms with Gasteiger partial charge < -0.3 is 4.74 Å². The van der Waals surface area contributed by atoms with Gasteiger partial charge in [-0.1, -0.05) is 42.0 Å². The first-order valence-electron chi connectivity index (χ1n) is 8.31. The molecule has 2 heteroatoms. The standard InChI is InChI=1S/C22H23NO/c1-5-6-11-24-22-19(18-9-7-15(2)8-10-18)14-23-20-13-16(3)12-17(4)21(20)22/h5,7-10,12-14H,1,6,11H2,2-4H3. The van der Waals surface area contributed by atoms with Gasteiger partial charge in [0.2, 0.25) is 0 Å². The quantitative estimate of drug-likeness (QED) is 0.439. The van der Waals surface area contributed by atoms with Gasteiger partial charge in [-0.3, -0.25) is 4.98 Å². The summed E-state index contributed by atoms with van der Waals surface area (Å²) in [6, 6.07) is 12.8. The molecule has 0 aliphatic rings. The highest BCUT2D eigenvalue weighted by Gasteiger charge is 2.14. The molecule has 3 rings (SSSR count). The van der Waals surface area contributed by atoms with Gasteiger partial charge in [-0.05, 0) is 49.9 Å². The molecule has 0 saturated heterocycles. The van der Waals surface area contributed by atoms with Gasteiger partial charge in [0, 0.05) is 17.1 Å². The number of ether oxygens (including phenoxy) is 1. The van der Waals surface area contributed by atoms with E-state index in [4.69, 9.17) is 9.72 Å². The zero-order valence-electron chi connectivity index (χ0n) is 14.6. The van der Waals surface area contributed by atoms with Crippen LogP contribution in [-0.4, -0.2) is 11.6 Å². The van der Waals surface area contributed by atoms with Crippen molar-refractivity contribution in [1.29, 1.82) is 0 Å². The summed E-state index contributed by atoms with van der Waals surface area (Å²) in [5, 5.41) is 1.10. The smallest absolute Gasteiger partial charge is 0.138 e.